The molecule has 2 aromatic rings. The summed E-state index contributed by atoms with van der Waals surface area (Å²) < 4.78 is 51.2. The fourth-order valence-electron chi connectivity index (χ4n) is 2.65. The van der Waals surface area contributed by atoms with E-state index in [4.69, 9.17) is 9.47 Å². The number of aliphatic imine (C=N–C) groups is 1. The molecule has 2 rings (SSSR count). The Hall–Kier alpha value is -2.54. The predicted octanol–water partition coefficient (Wildman–Crippen LogP) is 6.13. The molecule has 7 heteroatoms. The number of benzene rings is 2. The van der Waals surface area contributed by atoms with Gasteiger partial charge in [0.2, 0.25) is 0 Å². The molecule has 0 aromatic heterocycles. The van der Waals surface area contributed by atoms with E-state index in [-0.39, 0.29) is 5.56 Å². The molecule has 0 saturated heterocycles. The Bertz CT molecular complexity index is 881. The van der Waals surface area contributed by atoms with Gasteiger partial charge in [-0.1, -0.05) is 12.1 Å². The minimum absolute atomic E-state index is 0.0248. The van der Waals surface area contributed by atoms with Crippen LogP contribution in [0.25, 0.3) is 0 Å². The molecular formula is C22H27F3N2O2. The minimum atomic E-state index is -4.56. The van der Waals surface area contributed by atoms with Gasteiger partial charge in [0.1, 0.15) is 11.5 Å². The molecular weight excluding hydrogens is 381 g/mol. The summed E-state index contributed by atoms with van der Waals surface area (Å²) in [6, 6.07) is 9.60. The van der Waals surface area contributed by atoms with Crippen molar-refractivity contribution in [2.45, 2.75) is 39.5 Å². The molecule has 29 heavy (non-hydrogen) atoms. The summed E-state index contributed by atoms with van der Waals surface area (Å²) in [7, 11) is 2.98. The second-order valence-electron chi connectivity index (χ2n) is 7.09. The first-order valence-electron chi connectivity index (χ1n) is 9.27. The maximum atomic E-state index is 13.5. The molecule has 0 radical (unpaired) electrons. The summed E-state index contributed by atoms with van der Waals surface area (Å²) in [5.74, 6) is 0.869. The zero-order valence-corrected chi connectivity index (χ0v) is 17.6. The van der Waals surface area contributed by atoms with Crippen LogP contribution in [0.1, 0.15) is 30.5 Å². The van der Waals surface area contributed by atoms with Crippen molar-refractivity contribution in [1.82, 2.24) is 4.90 Å². The monoisotopic (exact) mass is 408 g/mol. The second-order valence-corrected chi connectivity index (χ2v) is 7.09. The zero-order valence-electron chi connectivity index (χ0n) is 17.6. The van der Waals surface area contributed by atoms with Crippen LogP contribution in [-0.2, 0) is 10.3 Å². The highest BCUT2D eigenvalue weighted by atomic mass is 19.4. The predicted molar refractivity (Wildman–Crippen MR) is 109 cm³/mol. The highest BCUT2D eigenvalue weighted by Gasteiger charge is 2.53. The van der Waals surface area contributed by atoms with Crippen molar-refractivity contribution in [1.29, 1.82) is 0 Å². The SMILES string of the molecule is CCN(C)/C=N/c1cc(C)c(Oc2cccc(C(C)(OC)C(F)(F)F)c2)cc1C. The first kappa shape index (κ1) is 22.7. The van der Waals surface area contributed by atoms with Gasteiger partial charge in [0.25, 0.3) is 0 Å². The maximum absolute atomic E-state index is 13.5. The molecule has 1 atom stereocenters. The van der Waals surface area contributed by atoms with Gasteiger partial charge in [0.15, 0.2) is 5.60 Å². The van der Waals surface area contributed by atoms with Crippen LogP contribution >= 0.6 is 0 Å². The first-order valence-corrected chi connectivity index (χ1v) is 9.27. The molecule has 0 saturated carbocycles. The third kappa shape index (κ3) is 5.09. The third-order valence-electron chi connectivity index (χ3n) is 4.95. The quantitative estimate of drug-likeness (QED) is 0.408. The van der Waals surface area contributed by atoms with Crippen molar-refractivity contribution in [2.75, 3.05) is 20.7 Å². The van der Waals surface area contributed by atoms with Gasteiger partial charge >= 0.3 is 6.18 Å². The average molecular weight is 408 g/mol. The Labute approximate surface area is 170 Å². The highest BCUT2D eigenvalue weighted by Crippen LogP contribution is 2.42. The Kier molecular flexibility index (Phi) is 6.95. The Balaban J connectivity index is 2.33. The van der Waals surface area contributed by atoms with Gasteiger partial charge in [0.05, 0.1) is 12.0 Å². The summed E-state index contributed by atoms with van der Waals surface area (Å²) >= 11 is 0. The zero-order chi connectivity index (χ0) is 21.8. The van der Waals surface area contributed by atoms with Gasteiger partial charge in [-0.15, -0.1) is 0 Å². The van der Waals surface area contributed by atoms with Gasteiger partial charge in [-0.05, 0) is 68.7 Å². The summed E-state index contributed by atoms with van der Waals surface area (Å²) in [6.45, 7) is 7.66. The van der Waals surface area contributed by atoms with E-state index in [1.165, 1.54) is 18.2 Å². The molecule has 0 N–H and O–H groups in total. The lowest BCUT2D eigenvalue weighted by molar-refractivity contribution is -0.269. The summed E-state index contributed by atoms with van der Waals surface area (Å²) in [4.78, 5) is 6.43. The van der Waals surface area contributed by atoms with E-state index >= 15 is 0 Å². The summed E-state index contributed by atoms with van der Waals surface area (Å²) in [5, 5.41) is 0. The Morgan fingerprint density at radius 1 is 1.10 bits per heavy atom. The molecule has 0 heterocycles. The topological polar surface area (TPSA) is 34.1 Å². The van der Waals surface area contributed by atoms with Crippen LogP contribution in [0.4, 0.5) is 18.9 Å². The van der Waals surface area contributed by atoms with Crippen LogP contribution in [0, 0.1) is 13.8 Å². The largest absolute Gasteiger partial charge is 0.457 e. The van der Waals surface area contributed by atoms with Crippen molar-refractivity contribution in [2.24, 2.45) is 4.99 Å². The number of halogens is 3. The number of alkyl halides is 3. The van der Waals surface area contributed by atoms with E-state index in [1.54, 1.807) is 12.4 Å². The van der Waals surface area contributed by atoms with Gasteiger partial charge in [-0.25, -0.2) is 4.99 Å². The van der Waals surface area contributed by atoms with Crippen LogP contribution in [-0.4, -0.2) is 38.1 Å². The van der Waals surface area contributed by atoms with E-state index in [1.807, 2.05) is 44.9 Å². The lowest BCUT2D eigenvalue weighted by Crippen LogP contribution is -2.41. The van der Waals surface area contributed by atoms with Crippen molar-refractivity contribution >= 4 is 12.0 Å². The number of rotatable bonds is 7. The molecule has 0 aliphatic carbocycles. The van der Waals surface area contributed by atoms with E-state index in [0.717, 1.165) is 37.4 Å². The highest BCUT2D eigenvalue weighted by molar-refractivity contribution is 5.64. The molecule has 158 valence electrons. The number of methoxy groups -OCH3 is 1. The lowest BCUT2D eigenvalue weighted by atomic mass is 9.95. The van der Waals surface area contributed by atoms with Crippen LogP contribution in [0.2, 0.25) is 0 Å². The van der Waals surface area contributed by atoms with Gasteiger partial charge in [0, 0.05) is 20.7 Å². The minimum Gasteiger partial charge on any atom is -0.457 e. The third-order valence-corrected chi connectivity index (χ3v) is 4.95. The van der Waals surface area contributed by atoms with Crippen molar-refractivity contribution in [3.05, 3.63) is 53.1 Å². The Morgan fingerprint density at radius 3 is 2.38 bits per heavy atom. The molecule has 0 bridgehead atoms. The van der Waals surface area contributed by atoms with Crippen LogP contribution in [0.3, 0.4) is 0 Å². The number of aryl methyl sites for hydroxylation is 2. The Morgan fingerprint density at radius 2 is 1.79 bits per heavy atom. The van der Waals surface area contributed by atoms with Gasteiger partial charge in [-0.3, -0.25) is 0 Å². The molecule has 4 nitrogen and oxygen atoms in total. The van der Waals surface area contributed by atoms with E-state index in [0.29, 0.717) is 11.5 Å². The van der Waals surface area contributed by atoms with Gasteiger partial charge < -0.3 is 14.4 Å². The molecule has 2 aromatic carbocycles. The number of ether oxygens (including phenoxy) is 2. The average Bonchev–Trinajstić information content (AvgIpc) is 2.67. The molecule has 0 fully saturated rings. The van der Waals surface area contributed by atoms with Crippen LogP contribution in [0.5, 0.6) is 11.5 Å². The van der Waals surface area contributed by atoms with E-state index in [9.17, 15) is 13.2 Å². The number of nitrogens with zero attached hydrogens (tertiary/aromatic N) is 2. The number of hydrogen-bond donors (Lipinski definition) is 0. The van der Waals surface area contributed by atoms with Crippen molar-refractivity contribution in [3.8, 4) is 11.5 Å². The summed E-state index contributed by atoms with van der Waals surface area (Å²) in [5.41, 5.74) is 0.106. The smallest absolute Gasteiger partial charge is 0.421 e. The van der Waals surface area contributed by atoms with Crippen molar-refractivity contribution in [3.63, 3.8) is 0 Å². The molecule has 0 aliphatic rings. The molecule has 0 amide bonds. The normalized spacial score (nSPS) is 14.1. The standard InChI is InChI=1S/C22H27F3N2O2/c1-7-27(5)14-26-19-11-16(3)20(12-15(19)2)29-18-10-8-9-17(13-18)21(4,28-6)22(23,24)25/h8-14H,7H2,1-6H3/b26-14+. The maximum Gasteiger partial charge on any atom is 0.421 e. The fraction of sp³-hybridized carbons (Fsp3) is 0.409. The van der Waals surface area contributed by atoms with Crippen LogP contribution in [0.15, 0.2) is 41.4 Å². The lowest BCUT2D eigenvalue weighted by Gasteiger charge is -2.31. The van der Waals surface area contributed by atoms with E-state index in [2.05, 4.69) is 4.99 Å². The fourth-order valence-corrected chi connectivity index (χ4v) is 2.65. The molecule has 0 spiro atoms. The first-order chi connectivity index (χ1) is 13.5. The van der Waals surface area contributed by atoms with Crippen LogP contribution < -0.4 is 4.74 Å². The van der Waals surface area contributed by atoms with E-state index < -0.39 is 11.8 Å². The summed E-state index contributed by atoms with van der Waals surface area (Å²) in [6.07, 6.45) is -2.80. The van der Waals surface area contributed by atoms with Crippen molar-refractivity contribution < 1.29 is 22.6 Å². The molecule has 1 unspecified atom stereocenters. The second kappa shape index (κ2) is 8.86. The molecule has 0 aliphatic heterocycles. The van der Waals surface area contributed by atoms with Gasteiger partial charge in [-0.2, -0.15) is 13.2 Å². The number of hydrogen-bond acceptors (Lipinski definition) is 3.